The smallest absolute Gasteiger partial charge is 0.0655 e. The molecular weight excluding hydrogens is 258 g/mol. The Morgan fingerprint density at radius 1 is 1.14 bits per heavy atom. The van der Waals surface area contributed by atoms with Gasteiger partial charge in [-0.05, 0) is 37.3 Å². The van der Waals surface area contributed by atoms with Gasteiger partial charge in [0.25, 0.3) is 0 Å². The lowest BCUT2D eigenvalue weighted by atomic mass is 9.64. The zero-order chi connectivity index (χ0) is 15.6. The van der Waals surface area contributed by atoms with Gasteiger partial charge in [0.1, 0.15) is 0 Å². The largest absolute Gasteiger partial charge is 0.378 e. The van der Waals surface area contributed by atoms with E-state index in [1.807, 2.05) is 0 Å². The van der Waals surface area contributed by atoms with Crippen molar-refractivity contribution in [3.63, 3.8) is 0 Å². The normalized spacial score (nSPS) is 25.7. The van der Waals surface area contributed by atoms with Crippen LogP contribution in [-0.2, 0) is 4.74 Å². The number of nitrogens with one attached hydrogen (secondary N) is 1. The van der Waals surface area contributed by atoms with Crippen molar-refractivity contribution in [1.82, 2.24) is 5.32 Å². The molecule has 0 saturated heterocycles. The highest BCUT2D eigenvalue weighted by Gasteiger charge is 2.49. The van der Waals surface area contributed by atoms with E-state index in [9.17, 15) is 0 Å². The third-order valence-electron chi connectivity index (χ3n) is 5.10. The maximum atomic E-state index is 5.81. The van der Waals surface area contributed by atoms with E-state index in [0.29, 0.717) is 24.1 Å². The molecule has 2 rings (SSSR count). The average Bonchev–Trinajstić information content (AvgIpc) is 2.46. The summed E-state index contributed by atoms with van der Waals surface area (Å²) in [6, 6.07) is 9.96. The first kappa shape index (κ1) is 16.5. The van der Waals surface area contributed by atoms with Gasteiger partial charge in [0.15, 0.2) is 0 Å². The van der Waals surface area contributed by atoms with Crippen molar-refractivity contribution in [3.8, 4) is 0 Å². The van der Waals surface area contributed by atoms with Crippen LogP contribution in [0.5, 0.6) is 0 Å². The summed E-state index contributed by atoms with van der Waals surface area (Å²) in [5.41, 5.74) is 3.00. The fourth-order valence-electron chi connectivity index (χ4n) is 3.22. The molecule has 1 aromatic carbocycles. The maximum absolute atomic E-state index is 5.81. The molecular formula is C19H31NO. The molecule has 1 saturated carbocycles. The first-order chi connectivity index (χ1) is 9.86. The highest BCUT2D eigenvalue weighted by molar-refractivity contribution is 5.27. The maximum Gasteiger partial charge on any atom is 0.0655 e. The molecule has 1 aromatic rings. The summed E-state index contributed by atoms with van der Waals surface area (Å²) in [5, 5.41) is 3.78. The molecule has 0 aliphatic heterocycles. The molecule has 2 nitrogen and oxygen atoms in total. The summed E-state index contributed by atoms with van der Waals surface area (Å²) >= 11 is 0. The van der Waals surface area contributed by atoms with Crippen LogP contribution in [0.4, 0.5) is 0 Å². The Labute approximate surface area is 130 Å². The Balaban J connectivity index is 1.94. The van der Waals surface area contributed by atoms with Crippen LogP contribution in [0.3, 0.4) is 0 Å². The molecule has 118 valence electrons. The van der Waals surface area contributed by atoms with E-state index < -0.39 is 0 Å². The van der Waals surface area contributed by atoms with Crippen LogP contribution in [0, 0.1) is 5.41 Å². The van der Waals surface area contributed by atoms with Crippen LogP contribution >= 0.6 is 0 Å². The standard InChI is InChI=1S/C19H31NO/c1-7-21-18-12-17(19(18,5)6)20-14(4)16-10-8-15(9-11-16)13(2)3/h8-11,13-14,17-18,20H,7,12H2,1-6H3. The van der Waals surface area contributed by atoms with Gasteiger partial charge >= 0.3 is 0 Å². The van der Waals surface area contributed by atoms with Gasteiger partial charge in [-0.3, -0.25) is 0 Å². The van der Waals surface area contributed by atoms with E-state index in [-0.39, 0.29) is 5.41 Å². The molecule has 0 radical (unpaired) electrons. The number of ether oxygens (including phenoxy) is 1. The van der Waals surface area contributed by atoms with Gasteiger partial charge in [0.2, 0.25) is 0 Å². The molecule has 3 unspecified atom stereocenters. The summed E-state index contributed by atoms with van der Waals surface area (Å²) in [5.74, 6) is 0.597. The van der Waals surface area contributed by atoms with E-state index in [2.05, 4.69) is 71.1 Å². The van der Waals surface area contributed by atoms with Crippen molar-refractivity contribution in [2.24, 2.45) is 5.41 Å². The van der Waals surface area contributed by atoms with Crippen molar-refractivity contribution in [2.75, 3.05) is 6.61 Å². The summed E-state index contributed by atoms with van der Waals surface area (Å²) in [4.78, 5) is 0. The molecule has 2 heteroatoms. The summed E-state index contributed by atoms with van der Waals surface area (Å²) in [7, 11) is 0. The van der Waals surface area contributed by atoms with E-state index in [1.54, 1.807) is 0 Å². The minimum absolute atomic E-state index is 0.224. The van der Waals surface area contributed by atoms with Gasteiger partial charge in [-0.15, -0.1) is 0 Å². The molecule has 0 heterocycles. The van der Waals surface area contributed by atoms with E-state index in [4.69, 9.17) is 4.74 Å². The van der Waals surface area contributed by atoms with Crippen molar-refractivity contribution < 1.29 is 4.74 Å². The molecule has 3 atom stereocenters. The molecule has 0 amide bonds. The molecule has 1 fully saturated rings. The van der Waals surface area contributed by atoms with Crippen LogP contribution in [0.2, 0.25) is 0 Å². The number of benzene rings is 1. The molecule has 1 N–H and O–H groups in total. The Kier molecular flexibility index (Phi) is 5.11. The lowest BCUT2D eigenvalue weighted by Gasteiger charge is -2.52. The van der Waals surface area contributed by atoms with Gasteiger partial charge in [-0.2, -0.15) is 0 Å². The minimum Gasteiger partial charge on any atom is -0.378 e. The van der Waals surface area contributed by atoms with Gasteiger partial charge in [-0.25, -0.2) is 0 Å². The van der Waals surface area contributed by atoms with Crippen molar-refractivity contribution in [3.05, 3.63) is 35.4 Å². The average molecular weight is 289 g/mol. The Bertz CT molecular complexity index is 449. The SMILES string of the molecule is CCOC1CC(NC(C)c2ccc(C(C)C)cc2)C1(C)C. The third-order valence-corrected chi connectivity index (χ3v) is 5.10. The minimum atomic E-state index is 0.224. The summed E-state index contributed by atoms with van der Waals surface area (Å²) < 4.78 is 5.81. The molecule has 0 spiro atoms. The molecule has 21 heavy (non-hydrogen) atoms. The van der Waals surface area contributed by atoms with Crippen molar-refractivity contribution in [2.45, 2.75) is 72.1 Å². The Hall–Kier alpha value is -0.860. The van der Waals surface area contributed by atoms with Gasteiger partial charge in [-0.1, -0.05) is 52.0 Å². The fraction of sp³-hybridized carbons (Fsp3) is 0.684. The highest BCUT2D eigenvalue weighted by Crippen LogP contribution is 2.43. The highest BCUT2D eigenvalue weighted by atomic mass is 16.5. The van der Waals surface area contributed by atoms with Gasteiger partial charge in [0.05, 0.1) is 6.10 Å². The molecule has 0 aromatic heterocycles. The fourth-order valence-corrected chi connectivity index (χ4v) is 3.22. The molecule has 0 bridgehead atoms. The molecule has 1 aliphatic carbocycles. The van der Waals surface area contributed by atoms with E-state index in [0.717, 1.165) is 13.0 Å². The van der Waals surface area contributed by atoms with Gasteiger partial charge < -0.3 is 10.1 Å². The molecule has 1 aliphatic rings. The second kappa shape index (κ2) is 6.50. The first-order valence-electron chi connectivity index (χ1n) is 8.33. The van der Waals surface area contributed by atoms with Crippen LogP contribution in [0.1, 0.15) is 71.0 Å². The van der Waals surface area contributed by atoms with Crippen molar-refractivity contribution in [1.29, 1.82) is 0 Å². The van der Waals surface area contributed by atoms with E-state index in [1.165, 1.54) is 11.1 Å². The quantitative estimate of drug-likeness (QED) is 0.822. The van der Waals surface area contributed by atoms with Crippen LogP contribution in [0.15, 0.2) is 24.3 Å². The zero-order valence-corrected chi connectivity index (χ0v) is 14.4. The van der Waals surface area contributed by atoms with Gasteiger partial charge in [0, 0.05) is 24.1 Å². The second-order valence-corrected chi connectivity index (χ2v) is 7.26. The Morgan fingerprint density at radius 3 is 2.19 bits per heavy atom. The number of hydrogen-bond donors (Lipinski definition) is 1. The number of rotatable bonds is 6. The topological polar surface area (TPSA) is 21.3 Å². The van der Waals surface area contributed by atoms with E-state index >= 15 is 0 Å². The van der Waals surface area contributed by atoms with Crippen LogP contribution < -0.4 is 5.32 Å². The van der Waals surface area contributed by atoms with Crippen molar-refractivity contribution >= 4 is 0 Å². The van der Waals surface area contributed by atoms with Crippen LogP contribution in [0.25, 0.3) is 0 Å². The Morgan fingerprint density at radius 2 is 1.71 bits per heavy atom. The summed E-state index contributed by atoms with van der Waals surface area (Å²) in [6.45, 7) is 14.2. The third kappa shape index (κ3) is 3.49. The summed E-state index contributed by atoms with van der Waals surface area (Å²) in [6.07, 6.45) is 1.52. The lowest BCUT2D eigenvalue weighted by molar-refractivity contribution is -0.116. The lowest BCUT2D eigenvalue weighted by Crippen LogP contribution is -2.61. The first-order valence-corrected chi connectivity index (χ1v) is 8.33. The van der Waals surface area contributed by atoms with Crippen LogP contribution in [-0.4, -0.2) is 18.8 Å². The monoisotopic (exact) mass is 289 g/mol. The predicted octanol–water partition coefficient (Wildman–Crippen LogP) is 4.66. The second-order valence-electron chi connectivity index (χ2n) is 7.26. The zero-order valence-electron chi connectivity index (χ0n) is 14.4. The predicted molar refractivity (Wildman–Crippen MR) is 89.7 cm³/mol. The number of hydrogen-bond acceptors (Lipinski definition) is 2.